The van der Waals surface area contributed by atoms with Crippen molar-refractivity contribution in [1.29, 1.82) is 0 Å². The van der Waals surface area contributed by atoms with Crippen LogP contribution in [0, 0.1) is 4.64 Å². The highest BCUT2D eigenvalue weighted by Gasteiger charge is 2.25. The van der Waals surface area contributed by atoms with E-state index >= 15 is 0 Å². The molecule has 1 fully saturated rings. The van der Waals surface area contributed by atoms with Crippen LogP contribution in [0.15, 0.2) is 35.6 Å². The first-order chi connectivity index (χ1) is 11.3. The molecule has 0 radical (unpaired) electrons. The summed E-state index contributed by atoms with van der Waals surface area (Å²) in [4.78, 5) is 11.7. The molecule has 116 valence electrons. The highest BCUT2D eigenvalue weighted by molar-refractivity contribution is 7.71. The maximum atomic E-state index is 5.63. The zero-order valence-corrected chi connectivity index (χ0v) is 13.4. The van der Waals surface area contributed by atoms with E-state index in [9.17, 15) is 0 Å². The minimum absolute atomic E-state index is 0.211. The fourth-order valence-corrected chi connectivity index (χ4v) is 3.17. The number of nitrogens with zero attached hydrogens (tertiary/aromatic N) is 2. The van der Waals surface area contributed by atoms with Crippen molar-refractivity contribution in [1.82, 2.24) is 9.97 Å². The second kappa shape index (κ2) is 6.35. The summed E-state index contributed by atoms with van der Waals surface area (Å²) < 4.78 is 11.8. The van der Waals surface area contributed by atoms with Gasteiger partial charge in [-0.05, 0) is 23.9 Å². The van der Waals surface area contributed by atoms with E-state index in [2.05, 4.69) is 39.2 Å². The lowest BCUT2D eigenvalue weighted by molar-refractivity contribution is 0.143. The van der Waals surface area contributed by atoms with Gasteiger partial charge in [0.25, 0.3) is 0 Å². The van der Waals surface area contributed by atoms with E-state index in [1.54, 1.807) is 6.33 Å². The van der Waals surface area contributed by atoms with Gasteiger partial charge in [-0.3, -0.25) is 4.99 Å². The molecule has 1 saturated heterocycles. The van der Waals surface area contributed by atoms with Crippen LogP contribution in [0.5, 0.6) is 0 Å². The second-order valence-electron chi connectivity index (χ2n) is 5.73. The van der Waals surface area contributed by atoms with Crippen LogP contribution in [0.25, 0.3) is 0 Å². The Bertz CT molecular complexity index is 785. The van der Waals surface area contributed by atoms with Gasteiger partial charge in [0.2, 0.25) is 0 Å². The number of benzene rings is 1. The monoisotopic (exact) mass is 325 g/mol. The van der Waals surface area contributed by atoms with Gasteiger partial charge in [0.15, 0.2) is 4.64 Å². The van der Waals surface area contributed by atoms with Crippen LogP contribution in [-0.2, 0) is 15.7 Å². The van der Waals surface area contributed by atoms with Gasteiger partial charge < -0.3 is 14.3 Å². The molecular formula is C16H16BN3O2S. The van der Waals surface area contributed by atoms with Crippen molar-refractivity contribution in [2.75, 3.05) is 13.2 Å². The first-order valence-corrected chi connectivity index (χ1v) is 8.16. The molecule has 1 aromatic heterocycles. The molecule has 1 N–H and O–H groups in total. The molecule has 5 nitrogen and oxygen atoms in total. The largest absolute Gasteiger partial charge is 0.493 e. The molecule has 1 unspecified atom stereocenters. The van der Waals surface area contributed by atoms with E-state index in [1.807, 2.05) is 6.21 Å². The van der Waals surface area contributed by atoms with E-state index in [4.69, 9.17) is 21.5 Å². The number of hydrogen-bond donors (Lipinski definition) is 1. The molecule has 7 heteroatoms. The maximum Gasteiger partial charge on any atom is 0.493 e. The number of H-pyrrole nitrogens is 1. The Labute approximate surface area is 139 Å². The lowest BCUT2D eigenvalue weighted by Crippen LogP contribution is -2.40. The third kappa shape index (κ3) is 2.99. The fourth-order valence-electron chi connectivity index (χ4n) is 2.95. The average Bonchev–Trinajstić information content (AvgIpc) is 3.01. The molecule has 2 aromatic rings. The highest BCUT2D eigenvalue weighted by atomic mass is 32.1. The summed E-state index contributed by atoms with van der Waals surface area (Å²) in [6, 6.07) is 8.40. The van der Waals surface area contributed by atoms with Crippen molar-refractivity contribution < 1.29 is 9.31 Å². The number of nitrogens with one attached hydrogen (secondary N) is 1. The number of aliphatic imine (C=N–C) groups is 1. The van der Waals surface area contributed by atoms with E-state index < -0.39 is 0 Å². The molecule has 0 bridgehead atoms. The van der Waals surface area contributed by atoms with E-state index in [0.717, 1.165) is 42.9 Å². The molecule has 0 amide bonds. The summed E-state index contributed by atoms with van der Waals surface area (Å²) in [5, 5.41) is 0. The van der Waals surface area contributed by atoms with Crippen molar-refractivity contribution in [3.63, 3.8) is 0 Å². The molecule has 2 aliphatic heterocycles. The smallest absolute Gasteiger partial charge is 0.407 e. The lowest BCUT2D eigenvalue weighted by Gasteiger charge is -2.20. The van der Waals surface area contributed by atoms with Crippen LogP contribution in [0.2, 0.25) is 0 Å². The van der Waals surface area contributed by atoms with Crippen molar-refractivity contribution in [2.45, 2.75) is 18.8 Å². The van der Waals surface area contributed by atoms with Crippen LogP contribution in [0.1, 0.15) is 23.6 Å². The summed E-state index contributed by atoms with van der Waals surface area (Å²) in [6.45, 7) is 1.52. The van der Waals surface area contributed by atoms with E-state index in [0.29, 0.717) is 4.64 Å². The van der Waals surface area contributed by atoms with Gasteiger partial charge in [-0.1, -0.05) is 36.5 Å². The van der Waals surface area contributed by atoms with Gasteiger partial charge in [0.1, 0.15) is 5.69 Å². The molecule has 0 aliphatic carbocycles. The summed E-state index contributed by atoms with van der Waals surface area (Å²) in [6.07, 6.45) is 5.42. The standard InChI is InChI=1S/C16H16BN3O2S/c23-16-15-14(19-10-20-16)12(9-18-15)8-11-2-4-13(5-3-11)17-21-6-1-7-22-17/h2-5,9-10,12H,1,6-8H2,(H,19,20,23). The quantitative estimate of drug-likeness (QED) is 0.695. The van der Waals surface area contributed by atoms with Gasteiger partial charge >= 0.3 is 7.12 Å². The summed E-state index contributed by atoms with van der Waals surface area (Å²) >= 11 is 5.21. The number of aromatic nitrogens is 2. The Kier molecular flexibility index (Phi) is 4.07. The zero-order valence-electron chi connectivity index (χ0n) is 12.6. The first kappa shape index (κ1) is 14.7. The van der Waals surface area contributed by atoms with Crippen LogP contribution in [-0.4, -0.2) is 36.5 Å². The Morgan fingerprint density at radius 3 is 2.78 bits per heavy atom. The Morgan fingerprint density at radius 2 is 2.00 bits per heavy atom. The normalized spacial score (nSPS) is 19.8. The number of fused-ring (bicyclic) bond motifs is 1. The first-order valence-electron chi connectivity index (χ1n) is 7.75. The molecular weight excluding hydrogens is 309 g/mol. The van der Waals surface area contributed by atoms with Crippen molar-refractivity contribution in [2.24, 2.45) is 4.99 Å². The second-order valence-corrected chi connectivity index (χ2v) is 6.11. The summed E-state index contributed by atoms with van der Waals surface area (Å²) in [5.74, 6) is 0.211. The third-order valence-corrected chi connectivity index (χ3v) is 4.45. The number of aromatic amines is 1. The predicted octanol–water partition coefficient (Wildman–Crippen LogP) is 2.31. The molecule has 1 atom stereocenters. The summed E-state index contributed by atoms with van der Waals surface area (Å²) in [7, 11) is -0.228. The van der Waals surface area contributed by atoms with Crippen molar-refractivity contribution in [3.8, 4) is 0 Å². The minimum atomic E-state index is -0.228. The maximum absolute atomic E-state index is 5.63. The van der Waals surface area contributed by atoms with E-state index in [1.165, 1.54) is 5.56 Å². The fraction of sp³-hybridized carbons (Fsp3) is 0.312. The van der Waals surface area contributed by atoms with Gasteiger partial charge in [-0.25, -0.2) is 4.98 Å². The Balaban J connectivity index is 1.49. The van der Waals surface area contributed by atoms with Gasteiger partial charge in [-0.15, -0.1) is 0 Å². The van der Waals surface area contributed by atoms with Crippen molar-refractivity contribution >= 4 is 36.7 Å². The van der Waals surface area contributed by atoms with Crippen molar-refractivity contribution in [3.05, 3.63) is 46.5 Å². The molecule has 0 spiro atoms. The van der Waals surface area contributed by atoms with Crippen LogP contribution in [0.4, 0.5) is 5.69 Å². The third-order valence-electron chi connectivity index (χ3n) is 4.15. The molecule has 3 heterocycles. The molecule has 4 rings (SSSR count). The number of rotatable bonds is 3. The van der Waals surface area contributed by atoms with Crippen LogP contribution >= 0.6 is 12.2 Å². The van der Waals surface area contributed by atoms with Gasteiger partial charge in [-0.2, -0.15) is 0 Å². The summed E-state index contributed by atoms with van der Waals surface area (Å²) in [5.41, 5.74) is 4.16. The number of hydrogen-bond acceptors (Lipinski definition) is 5. The molecule has 1 aromatic carbocycles. The van der Waals surface area contributed by atoms with E-state index in [-0.39, 0.29) is 13.0 Å². The predicted molar refractivity (Wildman–Crippen MR) is 92.4 cm³/mol. The average molecular weight is 325 g/mol. The molecule has 2 aliphatic rings. The Hall–Kier alpha value is -1.83. The lowest BCUT2D eigenvalue weighted by atomic mass is 9.77. The van der Waals surface area contributed by atoms with Crippen LogP contribution < -0.4 is 5.46 Å². The molecule has 23 heavy (non-hydrogen) atoms. The van der Waals surface area contributed by atoms with Crippen LogP contribution in [0.3, 0.4) is 0 Å². The Morgan fingerprint density at radius 1 is 1.22 bits per heavy atom. The molecule has 0 saturated carbocycles. The SMILES string of the molecule is S=c1nc[nH]c2c1N=CC2Cc1ccc(B2OCCCO2)cc1. The highest BCUT2D eigenvalue weighted by Crippen LogP contribution is 2.32. The van der Waals surface area contributed by atoms with Gasteiger partial charge in [0, 0.05) is 25.3 Å². The zero-order chi connectivity index (χ0) is 15.6. The topological polar surface area (TPSA) is 59.5 Å². The minimum Gasteiger partial charge on any atom is -0.407 e. The van der Waals surface area contributed by atoms with Gasteiger partial charge in [0.05, 0.1) is 12.0 Å².